The first-order valence-corrected chi connectivity index (χ1v) is 16.0. The maximum absolute atomic E-state index is 13.6. The van der Waals surface area contributed by atoms with Crippen molar-refractivity contribution in [1.29, 1.82) is 0 Å². The number of likely N-dealkylation sites (tertiary alicyclic amines) is 1. The van der Waals surface area contributed by atoms with Gasteiger partial charge in [-0.2, -0.15) is 18.3 Å². The van der Waals surface area contributed by atoms with Gasteiger partial charge in [0.05, 0.1) is 21.2 Å². The highest BCUT2D eigenvalue weighted by molar-refractivity contribution is 7.92. The van der Waals surface area contributed by atoms with Crippen molar-refractivity contribution in [2.75, 3.05) is 13.1 Å². The van der Waals surface area contributed by atoms with Crippen molar-refractivity contribution < 1.29 is 26.4 Å². The molecule has 0 spiro atoms. The number of nitrogens with zero attached hydrogens (tertiary/aromatic N) is 4. The number of amides is 1. The minimum atomic E-state index is -4.54. The van der Waals surface area contributed by atoms with Gasteiger partial charge in [0.25, 0.3) is 0 Å². The number of aromatic nitrogens is 3. The molecule has 4 bridgehead atoms. The standard InChI is InChI=1S/C26H33F3N4O3S2/c1-16-6-22(26(27,28)29)31-33(16)13-23(34)32-4-2-20(3-5-32)24-30-21(14-37-24)15-38(35,36)25-10-17-7-18(11-25)9-19(8-17)12-25/h6,14,17-20H,2-5,7-13,15H2,1H3. The first-order valence-electron chi connectivity index (χ1n) is 13.5. The minimum absolute atomic E-state index is 0.0100. The van der Waals surface area contributed by atoms with Crippen molar-refractivity contribution in [3.8, 4) is 0 Å². The molecule has 7 nitrogen and oxygen atoms in total. The molecule has 1 amide bonds. The van der Waals surface area contributed by atoms with Gasteiger partial charge in [-0.25, -0.2) is 13.4 Å². The first-order chi connectivity index (χ1) is 17.9. The molecule has 0 unspecified atom stereocenters. The monoisotopic (exact) mass is 570 g/mol. The molecule has 5 aliphatic rings. The van der Waals surface area contributed by atoms with E-state index in [1.54, 1.807) is 4.90 Å². The molecule has 38 heavy (non-hydrogen) atoms. The number of rotatable bonds is 6. The molecule has 0 aromatic carbocycles. The number of sulfone groups is 1. The highest BCUT2D eigenvalue weighted by Crippen LogP contribution is 2.59. The zero-order valence-electron chi connectivity index (χ0n) is 21.4. The number of carbonyl (C=O) groups is 1. The SMILES string of the molecule is Cc1cc(C(F)(F)F)nn1CC(=O)N1CCC(c2nc(CS(=O)(=O)C34CC5CC(CC(C5)C3)C4)cs2)CC1. The van der Waals surface area contributed by atoms with Crippen LogP contribution in [0.1, 0.15) is 79.4 Å². The summed E-state index contributed by atoms with van der Waals surface area (Å²) in [7, 11) is -3.30. The zero-order chi connectivity index (χ0) is 26.9. The van der Waals surface area contributed by atoms with Gasteiger partial charge in [-0.1, -0.05) is 0 Å². The van der Waals surface area contributed by atoms with Crippen LogP contribution in [0.3, 0.4) is 0 Å². The lowest BCUT2D eigenvalue weighted by molar-refractivity contribution is -0.142. The summed E-state index contributed by atoms with van der Waals surface area (Å²) in [4.78, 5) is 19.2. The maximum atomic E-state index is 13.6. The van der Waals surface area contributed by atoms with Crippen molar-refractivity contribution in [2.45, 2.75) is 87.4 Å². The van der Waals surface area contributed by atoms with Gasteiger partial charge in [-0.3, -0.25) is 9.48 Å². The summed E-state index contributed by atoms with van der Waals surface area (Å²) in [5.74, 6) is 1.60. The van der Waals surface area contributed by atoms with Crippen LogP contribution in [0.25, 0.3) is 0 Å². The van der Waals surface area contributed by atoms with Crippen LogP contribution in [0.4, 0.5) is 13.2 Å². The third kappa shape index (κ3) is 4.80. The highest BCUT2D eigenvalue weighted by atomic mass is 32.2. The number of piperidine rings is 1. The van der Waals surface area contributed by atoms with Crippen LogP contribution in [-0.4, -0.2) is 51.8 Å². The van der Waals surface area contributed by atoms with Crippen LogP contribution in [0.5, 0.6) is 0 Å². The normalized spacial score (nSPS) is 29.8. The Morgan fingerprint density at radius 1 is 1.11 bits per heavy atom. The Labute approximate surface area is 224 Å². The molecular weight excluding hydrogens is 537 g/mol. The zero-order valence-corrected chi connectivity index (χ0v) is 23.0. The number of carbonyl (C=O) groups excluding carboxylic acids is 1. The smallest absolute Gasteiger partial charge is 0.341 e. The topological polar surface area (TPSA) is 85.2 Å². The van der Waals surface area contributed by atoms with Crippen molar-refractivity contribution in [3.63, 3.8) is 0 Å². The molecule has 1 aliphatic heterocycles. The molecule has 12 heteroatoms. The van der Waals surface area contributed by atoms with Gasteiger partial charge in [-0.05, 0) is 82.1 Å². The van der Waals surface area contributed by atoms with E-state index in [0.29, 0.717) is 55.1 Å². The minimum Gasteiger partial charge on any atom is -0.341 e. The molecule has 2 aromatic heterocycles. The Bertz CT molecular complexity index is 1290. The molecule has 0 atom stereocenters. The summed E-state index contributed by atoms with van der Waals surface area (Å²) in [5, 5.41) is 6.34. The number of halogens is 3. The summed E-state index contributed by atoms with van der Waals surface area (Å²) >= 11 is 1.49. The van der Waals surface area contributed by atoms with E-state index in [-0.39, 0.29) is 24.1 Å². The molecule has 5 fully saturated rings. The third-order valence-corrected chi connectivity index (χ3v) is 12.9. The number of hydrogen-bond donors (Lipinski definition) is 0. The second-order valence-electron chi connectivity index (χ2n) is 12.0. The van der Waals surface area contributed by atoms with Gasteiger partial charge < -0.3 is 4.90 Å². The molecular formula is C26H33F3N4O3S2. The van der Waals surface area contributed by atoms with E-state index >= 15 is 0 Å². The Kier molecular flexibility index (Phi) is 6.44. The van der Waals surface area contributed by atoms with Gasteiger partial charge in [0, 0.05) is 30.1 Å². The van der Waals surface area contributed by atoms with Gasteiger partial charge in [0.15, 0.2) is 15.5 Å². The summed E-state index contributed by atoms with van der Waals surface area (Å²) in [6, 6.07) is 0.947. The average molecular weight is 571 g/mol. The molecule has 4 saturated carbocycles. The van der Waals surface area contributed by atoms with E-state index in [1.807, 2.05) is 5.38 Å². The number of aryl methyl sites for hydroxylation is 1. The predicted molar refractivity (Wildman–Crippen MR) is 136 cm³/mol. The molecule has 2 aromatic rings. The number of alkyl halides is 3. The van der Waals surface area contributed by atoms with Gasteiger partial charge in [0.2, 0.25) is 5.91 Å². The summed E-state index contributed by atoms with van der Waals surface area (Å²) in [6.45, 7) is 2.24. The largest absolute Gasteiger partial charge is 0.435 e. The van der Waals surface area contributed by atoms with E-state index in [0.717, 1.165) is 35.0 Å². The van der Waals surface area contributed by atoms with Crippen LogP contribution in [0.2, 0.25) is 0 Å². The van der Waals surface area contributed by atoms with Crippen molar-refractivity contribution in [3.05, 3.63) is 33.5 Å². The van der Waals surface area contributed by atoms with E-state index < -0.39 is 26.5 Å². The maximum Gasteiger partial charge on any atom is 0.435 e. The number of hydrogen-bond acceptors (Lipinski definition) is 6. The summed E-state index contributed by atoms with van der Waals surface area (Å²) in [5.41, 5.74) is -0.0699. The lowest BCUT2D eigenvalue weighted by atomic mass is 9.56. The second kappa shape index (κ2) is 9.31. The van der Waals surface area contributed by atoms with Crippen molar-refractivity contribution in [1.82, 2.24) is 19.7 Å². The fraction of sp³-hybridized carbons (Fsp3) is 0.731. The van der Waals surface area contributed by atoms with Crippen LogP contribution in [0.15, 0.2) is 11.4 Å². The molecule has 7 rings (SSSR count). The highest BCUT2D eigenvalue weighted by Gasteiger charge is 2.57. The number of thiazole rings is 1. The molecule has 4 aliphatic carbocycles. The van der Waals surface area contributed by atoms with Crippen LogP contribution >= 0.6 is 11.3 Å². The van der Waals surface area contributed by atoms with Crippen LogP contribution in [0, 0.1) is 24.7 Å². The second-order valence-corrected chi connectivity index (χ2v) is 15.3. The lowest BCUT2D eigenvalue weighted by Crippen LogP contribution is -2.55. The van der Waals surface area contributed by atoms with E-state index in [9.17, 15) is 26.4 Å². The van der Waals surface area contributed by atoms with Gasteiger partial charge in [0.1, 0.15) is 6.54 Å². The fourth-order valence-electron chi connectivity index (χ4n) is 7.75. The van der Waals surface area contributed by atoms with Gasteiger partial charge >= 0.3 is 6.18 Å². The predicted octanol–water partition coefficient (Wildman–Crippen LogP) is 4.96. The molecule has 0 radical (unpaired) electrons. The van der Waals surface area contributed by atoms with Gasteiger partial charge in [-0.15, -0.1) is 11.3 Å². The molecule has 3 heterocycles. The quantitative estimate of drug-likeness (QED) is 0.490. The van der Waals surface area contributed by atoms with Crippen LogP contribution in [-0.2, 0) is 33.1 Å². The molecule has 208 valence electrons. The summed E-state index contributed by atoms with van der Waals surface area (Å²) in [6.07, 6.45) is 2.89. The summed E-state index contributed by atoms with van der Waals surface area (Å²) < 4.78 is 66.6. The average Bonchev–Trinajstić information content (AvgIpc) is 3.44. The van der Waals surface area contributed by atoms with Crippen LogP contribution < -0.4 is 0 Å². The van der Waals surface area contributed by atoms with Crippen molar-refractivity contribution in [2.24, 2.45) is 17.8 Å². The fourth-order valence-corrected chi connectivity index (χ4v) is 11.2. The third-order valence-electron chi connectivity index (χ3n) is 9.30. The Hall–Kier alpha value is -1.95. The Morgan fingerprint density at radius 2 is 1.71 bits per heavy atom. The first kappa shape index (κ1) is 26.3. The van der Waals surface area contributed by atoms with Crippen molar-refractivity contribution >= 4 is 27.1 Å². The lowest BCUT2D eigenvalue weighted by Gasteiger charge is -2.55. The Balaban J connectivity index is 1.05. The van der Waals surface area contributed by atoms with E-state index in [1.165, 1.54) is 37.5 Å². The van der Waals surface area contributed by atoms with E-state index in [2.05, 4.69) is 5.10 Å². The van der Waals surface area contributed by atoms with E-state index in [4.69, 9.17) is 4.98 Å². The molecule has 1 saturated heterocycles. The Morgan fingerprint density at radius 3 is 2.26 bits per heavy atom. The molecule has 0 N–H and O–H groups in total.